The van der Waals surface area contributed by atoms with Gasteiger partial charge >= 0.3 is 18.1 Å². The SMILES string of the molecule is Cc1ccccc1CNC(=O)Nc1cc(F)c(O)c(F)c1.O=C(NCCc1ccccc1)Nc1cc(F)c(O)c(F)c1.O=C(NCc1ccccc1)Nc1cc(F)c(O)c(F)c1. The number of hydrogen-bond acceptors (Lipinski definition) is 6. The van der Waals surface area contributed by atoms with E-state index in [4.69, 9.17) is 15.3 Å². The fraction of sp³-hybridized carbons (Fsp3) is 0.114. The van der Waals surface area contributed by atoms with Gasteiger partial charge in [0.15, 0.2) is 52.2 Å². The number of anilines is 3. The second-order valence-corrected chi connectivity index (χ2v) is 13.0. The van der Waals surface area contributed by atoms with Crippen LogP contribution in [0, 0.1) is 41.8 Å². The Balaban J connectivity index is 0.000000205. The summed E-state index contributed by atoms with van der Waals surface area (Å²) in [6.45, 7) is 2.88. The van der Waals surface area contributed by atoms with Crippen molar-refractivity contribution in [3.05, 3.63) is 178 Å². The van der Waals surface area contributed by atoms with E-state index in [1.54, 1.807) is 0 Å². The standard InChI is InChI=1S/2C15H14F2N2O2.C14H12F2N2O2/c1-9-4-2-3-5-10(9)8-18-15(21)19-11-6-12(16)14(20)13(17)7-11;16-12-8-11(9-13(17)14(12)20)19-15(21)18-7-6-10-4-2-1-3-5-10;15-11-6-10(7-12(16)13(11)19)18-14(20)17-8-9-4-2-1-3-5-9/h2-7,20H,8H2,1H3,(H2,18,19,21);1-5,8-9,20H,6-7H2,(H2,18,19,21);1-7,19H,8H2,(H2,17,18,20). The summed E-state index contributed by atoms with van der Waals surface area (Å²) in [7, 11) is 0. The Kier molecular flexibility index (Phi) is 17.4. The number of aromatic hydroxyl groups is 3. The molecule has 0 aromatic heterocycles. The maximum atomic E-state index is 13.1. The lowest BCUT2D eigenvalue weighted by atomic mass is 10.1. The minimum absolute atomic E-state index is 0.0694. The molecule has 0 heterocycles. The summed E-state index contributed by atoms with van der Waals surface area (Å²) in [5.41, 5.74) is 3.70. The summed E-state index contributed by atoms with van der Waals surface area (Å²) < 4.78 is 78.6. The number of halogens is 6. The van der Waals surface area contributed by atoms with Gasteiger partial charge < -0.3 is 47.2 Å². The van der Waals surface area contributed by atoms with Crippen LogP contribution in [0.15, 0.2) is 121 Å². The molecular weight excluding hydrogens is 823 g/mol. The third kappa shape index (κ3) is 15.0. The van der Waals surface area contributed by atoms with Gasteiger partial charge in [0.25, 0.3) is 0 Å². The van der Waals surface area contributed by atoms with Crippen molar-refractivity contribution in [3.63, 3.8) is 0 Å². The number of benzene rings is 6. The molecule has 62 heavy (non-hydrogen) atoms. The van der Waals surface area contributed by atoms with Crippen molar-refractivity contribution in [1.29, 1.82) is 0 Å². The van der Waals surface area contributed by atoms with Crippen LogP contribution in [0.25, 0.3) is 0 Å². The number of phenols is 3. The largest absolute Gasteiger partial charge is 0.503 e. The van der Waals surface area contributed by atoms with Crippen LogP contribution in [0.3, 0.4) is 0 Å². The first kappa shape index (κ1) is 46.8. The molecule has 0 saturated heterocycles. The molecule has 6 aromatic rings. The Hall–Kier alpha value is -7.89. The monoisotopic (exact) mass is 862 g/mol. The molecule has 0 saturated carbocycles. The normalized spacial score (nSPS) is 10.2. The lowest BCUT2D eigenvalue weighted by Gasteiger charge is -2.10. The zero-order valence-corrected chi connectivity index (χ0v) is 32.7. The molecule has 6 amide bonds. The molecule has 0 fully saturated rings. The van der Waals surface area contributed by atoms with Crippen molar-refractivity contribution < 1.29 is 56.0 Å². The van der Waals surface area contributed by atoms with Crippen molar-refractivity contribution in [3.8, 4) is 17.2 Å². The predicted octanol–water partition coefficient (Wildman–Crippen LogP) is 9.33. The van der Waals surface area contributed by atoms with Crippen LogP contribution in [0.4, 0.5) is 57.8 Å². The number of hydrogen-bond donors (Lipinski definition) is 9. The molecule has 0 aliphatic rings. The van der Waals surface area contributed by atoms with E-state index in [2.05, 4.69) is 31.9 Å². The molecule has 12 nitrogen and oxygen atoms in total. The summed E-state index contributed by atoms with van der Waals surface area (Å²) in [5.74, 6) is -10.0. The van der Waals surface area contributed by atoms with Gasteiger partial charge in [-0.15, -0.1) is 0 Å². The van der Waals surface area contributed by atoms with Crippen molar-refractivity contribution in [2.45, 2.75) is 26.4 Å². The minimum atomic E-state index is -1.14. The minimum Gasteiger partial charge on any atom is -0.503 e. The van der Waals surface area contributed by atoms with Crippen LogP contribution >= 0.6 is 0 Å². The van der Waals surface area contributed by atoms with E-state index >= 15 is 0 Å². The van der Waals surface area contributed by atoms with Gasteiger partial charge in [-0.25, -0.2) is 40.7 Å². The average Bonchev–Trinajstić information content (AvgIpc) is 3.24. The van der Waals surface area contributed by atoms with Gasteiger partial charge in [-0.3, -0.25) is 0 Å². The lowest BCUT2D eigenvalue weighted by Crippen LogP contribution is -2.30. The number of nitrogens with one attached hydrogen (secondary N) is 6. The lowest BCUT2D eigenvalue weighted by molar-refractivity contribution is 0.251. The van der Waals surface area contributed by atoms with Crippen LogP contribution < -0.4 is 31.9 Å². The first-order valence-electron chi connectivity index (χ1n) is 18.4. The fourth-order valence-electron chi connectivity index (χ4n) is 5.17. The summed E-state index contributed by atoms with van der Waals surface area (Å²) in [6, 6.07) is 29.6. The third-order valence-electron chi connectivity index (χ3n) is 8.36. The van der Waals surface area contributed by atoms with Crippen molar-refractivity contribution >= 4 is 35.2 Å². The van der Waals surface area contributed by atoms with Crippen LogP contribution in [-0.2, 0) is 19.5 Å². The molecule has 0 spiro atoms. The molecule has 18 heteroatoms. The smallest absolute Gasteiger partial charge is 0.319 e. The number of phenolic OH excluding ortho intramolecular Hbond substituents is 3. The van der Waals surface area contributed by atoms with Crippen LogP contribution in [-0.4, -0.2) is 40.0 Å². The highest BCUT2D eigenvalue weighted by molar-refractivity contribution is 5.90. The highest BCUT2D eigenvalue weighted by Gasteiger charge is 2.14. The van der Waals surface area contributed by atoms with E-state index in [1.165, 1.54) is 0 Å². The van der Waals surface area contributed by atoms with E-state index in [1.807, 2.05) is 91.9 Å². The fourth-order valence-corrected chi connectivity index (χ4v) is 5.17. The number of aryl methyl sites for hydroxylation is 1. The number of carbonyl (C=O) groups excluding carboxylic acids is 3. The Morgan fingerprint density at radius 3 is 1.19 bits per heavy atom. The highest BCUT2D eigenvalue weighted by Crippen LogP contribution is 2.26. The second kappa shape index (κ2) is 23.0. The molecule has 6 aromatic carbocycles. The molecule has 6 rings (SSSR count). The molecule has 0 radical (unpaired) electrons. The Bertz CT molecular complexity index is 2400. The van der Waals surface area contributed by atoms with Gasteiger partial charge in [0.1, 0.15) is 0 Å². The van der Waals surface area contributed by atoms with Crippen LogP contribution in [0.2, 0.25) is 0 Å². The summed E-state index contributed by atoms with van der Waals surface area (Å²) in [5, 5.41) is 41.4. The van der Waals surface area contributed by atoms with Crippen molar-refractivity contribution in [1.82, 2.24) is 16.0 Å². The topological polar surface area (TPSA) is 184 Å². The first-order valence-corrected chi connectivity index (χ1v) is 18.4. The zero-order chi connectivity index (χ0) is 45.2. The molecule has 0 atom stereocenters. The van der Waals surface area contributed by atoms with Crippen LogP contribution in [0.5, 0.6) is 17.2 Å². The maximum Gasteiger partial charge on any atom is 0.319 e. The van der Waals surface area contributed by atoms with Gasteiger partial charge in [-0.1, -0.05) is 84.9 Å². The van der Waals surface area contributed by atoms with Gasteiger partial charge in [-0.2, -0.15) is 0 Å². The first-order chi connectivity index (χ1) is 29.6. The quantitative estimate of drug-likeness (QED) is 0.0488. The maximum absolute atomic E-state index is 13.1. The van der Waals surface area contributed by atoms with E-state index < -0.39 is 70.2 Å². The molecule has 0 aliphatic carbocycles. The van der Waals surface area contributed by atoms with Crippen molar-refractivity contribution in [2.24, 2.45) is 0 Å². The molecule has 0 unspecified atom stereocenters. The van der Waals surface area contributed by atoms with Gasteiger partial charge in [0.05, 0.1) is 0 Å². The van der Waals surface area contributed by atoms with Gasteiger partial charge in [0, 0.05) is 73.1 Å². The number of urea groups is 3. The van der Waals surface area contributed by atoms with Crippen molar-refractivity contribution in [2.75, 3.05) is 22.5 Å². The molecule has 324 valence electrons. The summed E-state index contributed by atoms with van der Waals surface area (Å²) >= 11 is 0. The third-order valence-corrected chi connectivity index (χ3v) is 8.36. The Morgan fingerprint density at radius 2 is 0.790 bits per heavy atom. The van der Waals surface area contributed by atoms with E-state index in [-0.39, 0.29) is 23.6 Å². The number of amides is 6. The van der Waals surface area contributed by atoms with Crippen LogP contribution in [0.1, 0.15) is 22.3 Å². The molecular formula is C44H40F6N6O6. The molecule has 0 bridgehead atoms. The second-order valence-electron chi connectivity index (χ2n) is 13.0. The Morgan fingerprint density at radius 1 is 0.452 bits per heavy atom. The van der Waals surface area contributed by atoms with E-state index in [9.17, 15) is 40.7 Å². The molecule has 9 N–H and O–H groups in total. The van der Waals surface area contributed by atoms with Gasteiger partial charge in [0.2, 0.25) is 0 Å². The highest BCUT2D eigenvalue weighted by atomic mass is 19.2. The zero-order valence-electron chi connectivity index (χ0n) is 32.7. The van der Waals surface area contributed by atoms with Gasteiger partial charge in [-0.05, 0) is 35.6 Å². The van der Waals surface area contributed by atoms with E-state index in [0.717, 1.165) is 58.7 Å². The Labute approximate surface area is 351 Å². The number of carbonyl (C=O) groups is 3. The predicted molar refractivity (Wildman–Crippen MR) is 221 cm³/mol. The molecule has 0 aliphatic heterocycles. The average molecular weight is 863 g/mol. The summed E-state index contributed by atoms with van der Waals surface area (Å²) in [4.78, 5) is 34.8. The summed E-state index contributed by atoms with van der Waals surface area (Å²) in [6.07, 6.45) is 0.645. The number of rotatable bonds is 10. The van der Waals surface area contributed by atoms with E-state index in [0.29, 0.717) is 19.5 Å².